The number of rotatable bonds is 4. The van der Waals surface area contributed by atoms with E-state index in [0.717, 1.165) is 19.5 Å². The second kappa shape index (κ2) is 7.19. The van der Waals surface area contributed by atoms with Gasteiger partial charge in [-0.25, -0.2) is 14.8 Å². The third-order valence-electron chi connectivity index (χ3n) is 4.09. The molecular weight excluding hydrogens is 290 g/mol. The van der Waals surface area contributed by atoms with E-state index in [1.165, 1.54) is 11.9 Å². The van der Waals surface area contributed by atoms with E-state index in [1.807, 2.05) is 6.07 Å². The lowest BCUT2D eigenvalue weighted by Gasteiger charge is -2.20. The van der Waals surface area contributed by atoms with Crippen molar-refractivity contribution < 1.29 is 4.79 Å². The Balaban J connectivity index is 1.51. The van der Waals surface area contributed by atoms with Gasteiger partial charge in [-0.15, -0.1) is 0 Å². The normalized spacial score (nSPS) is 21.1. The molecule has 23 heavy (non-hydrogen) atoms. The monoisotopic (exact) mass is 311 g/mol. The van der Waals surface area contributed by atoms with Crippen LogP contribution in [0.25, 0.3) is 0 Å². The molecule has 2 aromatic rings. The van der Waals surface area contributed by atoms with Crippen LogP contribution in [0.1, 0.15) is 18.9 Å². The number of likely N-dealkylation sites (tertiary alicyclic amines) is 1. The number of aromatic nitrogens is 2. The molecule has 1 fully saturated rings. The Morgan fingerprint density at radius 3 is 2.87 bits per heavy atom. The van der Waals surface area contributed by atoms with E-state index in [1.54, 1.807) is 12.3 Å². The third kappa shape index (κ3) is 4.26. The predicted octanol–water partition coefficient (Wildman–Crippen LogP) is 2.26. The lowest BCUT2D eigenvalue weighted by Crippen LogP contribution is -2.39. The number of benzene rings is 1. The van der Waals surface area contributed by atoms with Gasteiger partial charge in [-0.2, -0.15) is 0 Å². The second-order valence-electron chi connectivity index (χ2n) is 5.89. The van der Waals surface area contributed by atoms with Crippen molar-refractivity contribution in [3.63, 3.8) is 0 Å². The molecule has 2 amide bonds. The van der Waals surface area contributed by atoms with Crippen LogP contribution in [0.5, 0.6) is 0 Å². The van der Waals surface area contributed by atoms with Crippen molar-refractivity contribution in [1.82, 2.24) is 20.2 Å². The van der Waals surface area contributed by atoms with Gasteiger partial charge < -0.3 is 5.32 Å². The first kappa shape index (κ1) is 15.4. The highest BCUT2D eigenvalue weighted by molar-refractivity contribution is 5.88. The Kier molecular flexibility index (Phi) is 4.83. The van der Waals surface area contributed by atoms with Gasteiger partial charge in [-0.1, -0.05) is 30.3 Å². The number of nitrogens with zero attached hydrogens (tertiary/aromatic N) is 3. The molecule has 0 spiro atoms. The summed E-state index contributed by atoms with van der Waals surface area (Å²) in [6.45, 7) is 3.97. The molecule has 1 aromatic carbocycles. The van der Waals surface area contributed by atoms with E-state index in [2.05, 4.69) is 56.7 Å². The van der Waals surface area contributed by atoms with Crippen molar-refractivity contribution in [3.05, 3.63) is 54.5 Å². The number of urea groups is 1. The summed E-state index contributed by atoms with van der Waals surface area (Å²) < 4.78 is 0. The highest BCUT2D eigenvalue weighted by atomic mass is 16.2. The minimum absolute atomic E-state index is 0.149. The summed E-state index contributed by atoms with van der Waals surface area (Å²) in [7, 11) is 0. The van der Waals surface area contributed by atoms with Gasteiger partial charge in [-0.3, -0.25) is 10.2 Å². The second-order valence-corrected chi connectivity index (χ2v) is 5.89. The van der Waals surface area contributed by atoms with E-state index in [9.17, 15) is 4.79 Å². The standard InChI is InChI=1S/C17H21N5O/c1-13-9-15(11-22(13)10-14-5-3-2-4-6-14)20-17(23)21-16-7-8-18-12-19-16/h2-8,12-13,15H,9-11H2,1H3,(H2,18,19,20,21,23). The number of amides is 2. The average molecular weight is 311 g/mol. The van der Waals surface area contributed by atoms with Crippen molar-refractivity contribution in [3.8, 4) is 0 Å². The molecule has 0 radical (unpaired) electrons. The molecule has 1 aromatic heterocycles. The minimum Gasteiger partial charge on any atom is -0.334 e. The zero-order chi connectivity index (χ0) is 16.1. The van der Waals surface area contributed by atoms with E-state index >= 15 is 0 Å². The molecule has 0 aliphatic carbocycles. The van der Waals surface area contributed by atoms with Gasteiger partial charge in [0.1, 0.15) is 12.1 Å². The van der Waals surface area contributed by atoms with Crippen molar-refractivity contribution in [2.24, 2.45) is 0 Å². The molecule has 2 atom stereocenters. The van der Waals surface area contributed by atoms with E-state index in [0.29, 0.717) is 11.9 Å². The molecule has 2 N–H and O–H groups in total. The summed E-state index contributed by atoms with van der Waals surface area (Å²) >= 11 is 0. The van der Waals surface area contributed by atoms with Gasteiger partial charge in [0.15, 0.2) is 0 Å². The van der Waals surface area contributed by atoms with Gasteiger partial charge in [0.2, 0.25) is 0 Å². The SMILES string of the molecule is CC1CC(NC(=O)Nc2ccncn2)CN1Cc1ccccc1. The predicted molar refractivity (Wildman–Crippen MR) is 88.9 cm³/mol. The van der Waals surface area contributed by atoms with Crippen LogP contribution in [0.2, 0.25) is 0 Å². The zero-order valence-corrected chi connectivity index (χ0v) is 13.1. The molecule has 0 saturated carbocycles. The van der Waals surface area contributed by atoms with Crippen LogP contribution in [0.4, 0.5) is 10.6 Å². The highest BCUT2D eigenvalue weighted by Crippen LogP contribution is 2.20. The lowest BCUT2D eigenvalue weighted by molar-refractivity contribution is 0.244. The summed E-state index contributed by atoms with van der Waals surface area (Å²) in [5.74, 6) is 0.504. The molecule has 1 aliphatic rings. The van der Waals surface area contributed by atoms with Crippen LogP contribution in [-0.4, -0.2) is 39.5 Å². The summed E-state index contributed by atoms with van der Waals surface area (Å²) in [6.07, 6.45) is 3.96. The van der Waals surface area contributed by atoms with Crippen molar-refractivity contribution in [2.45, 2.75) is 32.0 Å². The molecule has 1 saturated heterocycles. The Bertz CT molecular complexity index is 634. The topological polar surface area (TPSA) is 70.1 Å². The van der Waals surface area contributed by atoms with Gasteiger partial charge in [0.25, 0.3) is 0 Å². The molecule has 6 heteroatoms. The number of anilines is 1. The summed E-state index contributed by atoms with van der Waals surface area (Å²) in [5, 5.41) is 5.75. The molecule has 1 aliphatic heterocycles. The number of carbonyl (C=O) groups is 1. The first-order chi connectivity index (χ1) is 11.2. The van der Waals surface area contributed by atoms with E-state index in [4.69, 9.17) is 0 Å². The fraction of sp³-hybridized carbons (Fsp3) is 0.353. The van der Waals surface area contributed by atoms with Crippen LogP contribution < -0.4 is 10.6 Å². The average Bonchev–Trinajstić information content (AvgIpc) is 2.88. The molecule has 120 valence electrons. The maximum absolute atomic E-state index is 12.0. The lowest BCUT2D eigenvalue weighted by atomic mass is 10.2. The maximum Gasteiger partial charge on any atom is 0.320 e. The fourth-order valence-electron chi connectivity index (χ4n) is 2.94. The quantitative estimate of drug-likeness (QED) is 0.908. The summed E-state index contributed by atoms with van der Waals surface area (Å²) in [6, 6.07) is 12.4. The van der Waals surface area contributed by atoms with Crippen LogP contribution in [-0.2, 0) is 6.54 Å². The number of hydrogen-bond acceptors (Lipinski definition) is 4. The largest absolute Gasteiger partial charge is 0.334 e. The third-order valence-corrected chi connectivity index (χ3v) is 4.09. The zero-order valence-electron chi connectivity index (χ0n) is 13.1. The Morgan fingerprint density at radius 1 is 1.30 bits per heavy atom. The number of carbonyl (C=O) groups excluding carboxylic acids is 1. The van der Waals surface area contributed by atoms with Crippen LogP contribution in [0.3, 0.4) is 0 Å². The minimum atomic E-state index is -0.220. The van der Waals surface area contributed by atoms with Crippen molar-refractivity contribution in [2.75, 3.05) is 11.9 Å². The smallest absolute Gasteiger partial charge is 0.320 e. The van der Waals surface area contributed by atoms with E-state index < -0.39 is 0 Å². The molecule has 0 bridgehead atoms. The van der Waals surface area contributed by atoms with Crippen LogP contribution >= 0.6 is 0 Å². The maximum atomic E-state index is 12.0. The molecular formula is C17H21N5O. The number of nitrogens with one attached hydrogen (secondary N) is 2. The van der Waals surface area contributed by atoms with Crippen LogP contribution in [0, 0.1) is 0 Å². The van der Waals surface area contributed by atoms with Crippen LogP contribution in [0.15, 0.2) is 48.9 Å². The van der Waals surface area contributed by atoms with Gasteiger partial charge in [0.05, 0.1) is 0 Å². The van der Waals surface area contributed by atoms with Gasteiger partial charge >= 0.3 is 6.03 Å². The highest BCUT2D eigenvalue weighted by Gasteiger charge is 2.29. The Labute approximate surface area is 135 Å². The summed E-state index contributed by atoms with van der Waals surface area (Å²) in [4.78, 5) is 22.2. The summed E-state index contributed by atoms with van der Waals surface area (Å²) in [5.41, 5.74) is 1.30. The Hall–Kier alpha value is -2.47. The molecule has 6 nitrogen and oxygen atoms in total. The molecule has 2 unspecified atom stereocenters. The fourth-order valence-corrected chi connectivity index (χ4v) is 2.94. The number of hydrogen-bond donors (Lipinski definition) is 2. The first-order valence-corrected chi connectivity index (χ1v) is 7.82. The van der Waals surface area contributed by atoms with Crippen molar-refractivity contribution >= 4 is 11.8 Å². The first-order valence-electron chi connectivity index (χ1n) is 7.82. The molecule has 3 rings (SSSR count). The molecule has 2 heterocycles. The van der Waals surface area contributed by atoms with Gasteiger partial charge in [-0.05, 0) is 25.0 Å². The van der Waals surface area contributed by atoms with Gasteiger partial charge in [0, 0.05) is 31.4 Å². The Morgan fingerprint density at radius 2 is 2.13 bits per heavy atom. The van der Waals surface area contributed by atoms with E-state index in [-0.39, 0.29) is 12.1 Å². The van der Waals surface area contributed by atoms with Crippen molar-refractivity contribution in [1.29, 1.82) is 0 Å².